The maximum Gasteiger partial charge on any atom is 0.240 e. The second-order valence-electron chi connectivity index (χ2n) is 3.69. The Morgan fingerprint density at radius 1 is 1.53 bits per heavy atom. The summed E-state index contributed by atoms with van der Waals surface area (Å²) in [6.07, 6.45) is 0. The second kappa shape index (κ2) is 5.44. The first-order chi connectivity index (χ1) is 7.56. The van der Waals surface area contributed by atoms with Gasteiger partial charge in [-0.05, 0) is 32.0 Å². The van der Waals surface area contributed by atoms with Crippen molar-refractivity contribution >= 4 is 45.6 Å². The number of anilines is 1. The summed E-state index contributed by atoms with van der Waals surface area (Å²) in [7, 11) is 0. The third-order valence-electron chi connectivity index (χ3n) is 2.18. The van der Waals surface area contributed by atoms with Gasteiger partial charge < -0.3 is 11.1 Å². The normalized spacial score (nSPS) is 11.9. The van der Waals surface area contributed by atoms with Crippen molar-refractivity contribution in [3.8, 4) is 0 Å². The number of carbonyl (C=O) groups excluding carboxylic acids is 1. The predicted molar refractivity (Wildman–Crippen MR) is 73.9 cm³/mol. The minimum atomic E-state index is -0.501. The van der Waals surface area contributed by atoms with Crippen LogP contribution < -0.4 is 11.1 Å². The highest BCUT2D eigenvalue weighted by Crippen LogP contribution is 2.24. The summed E-state index contributed by atoms with van der Waals surface area (Å²) < 4.78 is 1.07. The van der Waals surface area contributed by atoms with Gasteiger partial charge in [-0.2, -0.15) is 0 Å². The van der Waals surface area contributed by atoms with Crippen LogP contribution in [0.5, 0.6) is 0 Å². The molecule has 3 N–H and O–H groups in total. The third-order valence-corrected chi connectivity index (χ3v) is 3.11. The third kappa shape index (κ3) is 3.15. The second-order valence-corrected chi connectivity index (χ2v) is 4.93. The molecule has 1 heterocycles. The lowest BCUT2D eigenvalue weighted by Gasteiger charge is -2.07. The Labute approximate surface area is 110 Å². The predicted octanol–water partition coefficient (Wildman–Crippen LogP) is 2.31. The lowest BCUT2D eigenvalue weighted by Crippen LogP contribution is -2.32. The maximum atomic E-state index is 11.4. The Morgan fingerprint density at radius 2 is 2.24 bits per heavy atom. The van der Waals surface area contributed by atoms with Crippen LogP contribution in [0.3, 0.4) is 0 Å². The van der Waals surface area contributed by atoms with Crippen molar-refractivity contribution in [3.05, 3.63) is 23.2 Å². The fourth-order valence-electron chi connectivity index (χ4n) is 1.37. The number of aromatic nitrogens is 1. The van der Waals surface area contributed by atoms with Crippen LogP contribution in [0.15, 0.2) is 18.2 Å². The molecule has 0 saturated heterocycles. The van der Waals surface area contributed by atoms with Crippen molar-refractivity contribution < 1.29 is 4.79 Å². The van der Waals surface area contributed by atoms with E-state index in [0.717, 1.165) is 20.9 Å². The number of benzene rings is 1. The summed E-state index contributed by atoms with van der Waals surface area (Å²) in [5.74, 6) is -0.180. The average molecular weight is 272 g/mol. The molecule has 0 fully saturated rings. The van der Waals surface area contributed by atoms with Crippen molar-refractivity contribution in [2.45, 2.75) is 19.9 Å². The topological polar surface area (TPSA) is 68.0 Å². The Kier molecular flexibility index (Phi) is 4.45. The van der Waals surface area contributed by atoms with Gasteiger partial charge in [-0.3, -0.25) is 4.79 Å². The monoisotopic (exact) mass is 271 g/mol. The maximum absolute atomic E-state index is 11.4. The molecule has 17 heavy (non-hydrogen) atoms. The van der Waals surface area contributed by atoms with Gasteiger partial charge in [0.2, 0.25) is 5.91 Å². The molecule has 0 aliphatic heterocycles. The molecule has 0 aliphatic carbocycles. The molecule has 4 nitrogen and oxygen atoms in total. The number of nitrogens with two attached hydrogens (primary N) is 1. The number of hydrogen-bond acceptors (Lipinski definition) is 4. The number of amides is 1. The van der Waals surface area contributed by atoms with E-state index in [0.29, 0.717) is 0 Å². The Morgan fingerprint density at radius 3 is 2.88 bits per heavy atom. The molecule has 0 saturated carbocycles. The highest BCUT2D eigenvalue weighted by molar-refractivity contribution is 7.18. The molecular formula is C11H14ClN3OS. The summed E-state index contributed by atoms with van der Waals surface area (Å²) in [4.78, 5) is 15.8. The quantitative estimate of drug-likeness (QED) is 0.881. The van der Waals surface area contributed by atoms with E-state index in [1.165, 1.54) is 0 Å². The molecule has 1 aromatic heterocycles. The molecule has 0 bridgehead atoms. The highest BCUT2D eigenvalue weighted by Gasteiger charge is 2.08. The lowest BCUT2D eigenvalue weighted by atomic mass is 10.2. The molecule has 1 atom stereocenters. The van der Waals surface area contributed by atoms with Crippen LogP contribution in [-0.2, 0) is 4.79 Å². The lowest BCUT2D eigenvalue weighted by molar-refractivity contribution is -0.117. The molecule has 1 amide bonds. The number of hydrogen-bond donors (Lipinski definition) is 2. The number of carbonyl (C=O) groups is 1. The van der Waals surface area contributed by atoms with Crippen LogP contribution in [0.25, 0.3) is 10.2 Å². The molecule has 92 valence electrons. The smallest absolute Gasteiger partial charge is 0.240 e. The van der Waals surface area contributed by atoms with E-state index >= 15 is 0 Å². The fraction of sp³-hybridized carbons (Fsp3) is 0.273. The van der Waals surface area contributed by atoms with Gasteiger partial charge in [0, 0.05) is 5.69 Å². The molecule has 6 heteroatoms. The van der Waals surface area contributed by atoms with Gasteiger partial charge in [-0.15, -0.1) is 23.7 Å². The van der Waals surface area contributed by atoms with Crippen molar-refractivity contribution in [1.82, 2.24) is 4.98 Å². The van der Waals surface area contributed by atoms with Gasteiger partial charge in [0.1, 0.15) is 0 Å². The van der Waals surface area contributed by atoms with E-state index < -0.39 is 6.04 Å². The fourth-order valence-corrected chi connectivity index (χ4v) is 2.24. The molecule has 1 unspecified atom stereocenters. The molecule has 2 aromatic rings. The van der Waals surface area contributed by atoms with Crippen LogP contribution in [0.4, 0.5) is 5.69 Å². The van der Waals surface area contributed by atoms with Crippen LogP contribution in [0, 0.1) is 6.92 Å². The molecule has 0 radical (unpaired) electrons. The van der Waals surface area contributed by atoms with Gasteiger partial charge in [0.05, 0.1) is 21.3 Å². The summed E-state index contributed by atoms with van der Waals surface area (Å²) in [6.45, 7) is 3.62. The highest BCUT2D eigenvalue weighted by atomic mass is 35.5. The van der Waals surface area contributed by atoms with Crippen LogP contribution in [0.2, 0.25) is 0 Å². The summed E-state index contributed by atoms with van der Waals surface area (Å²) in [6, 6.07) is 5.15. The number of aryl methyl sites for hydroxylation is 1. The molecule has 2 rings (SSSR count). The number of nitrogens with one attached hydrogen (secondary N) is 1. The van der Waals surface area contributed by atoms with Crippen LogP contribution >= 0.6 is 23.7 Å². The largest absolute Gasteiger partial charge is 0.325 e. The zero-order valence-electron chi connectivity index (χ0n) is 9.56. The molecule has 1 aromatic carbocycles. The minimum Gasteiger partial charge on any atom is -0.325 e. The zero-order valence-corrected chi connectivity index (χ0v) is 11.2. The van der Waals surface area contributed by atoms with Gasteiger partial charge in [0.25, 0.3) is 0 Å². The number of nitrogens with zero attached hydrogens (tertiary/aromatic N) is 1. The Hall–Kier alpha value is -1.17. The van der Waals surface area contributed by atoms with Gasteiger partial charge in [-0.25, -0.2) is 4.98 Å². The summed E-state index contributed by atoms with van der Waals surface area (Å²) >= 11 is 1.61. The molecular weight excluding hydrogens is 258 g/mol. The van der Waals surface area contributed by atoms with Gasteiger partial charge >= 0.3 is 0 Å². The first kappa shape index (κ1) is 13.9. The summed E-state index contributed by atoms with van der Waals surface area (Å²) in [5.41, 5.74) is 7.20. The Balaban J connectivity index is 0.00000144. The minimum absolute atomic E-state index is 0. The van der Waals surface area contributed by atoms with E-state index in [1.807, 2.05) is 25.1 Å². The van der Waals surface area contributed by atoms with E-state index in [4.69, 9.17) is 5.73 Å². The molecule has 0 aliphatic rings. The van der Waals surface area contributed by atoms with Crippen molar-refractivity contribution in [2.75, 3.05) is 5.32 Å². The van der Waals surface area contributed by atoms with Crippen LogP contribution in [0.1, 0.15) is 11.9 Å². The van der Waals surface area contributed by atoms with E-state index in [-0.39, 0.29) is 18.3 Å². The standard InChI is InChI=1S/C11H13N3OS.ClH/c1-6(12)11(15)14-8-3-4-9-10(5-8)16-7(2)13-9;/h3-6H,12H2,1-2H3,(H,14,15);1H. The van der Waals surface area contributed by atoms with Gasteiger partial charge in [-0.1, -0.05) is 0 Å². The van der Waals surface area contributed by atoms with Crippen molar-refractivity contribution in [2.24, 2.45) is 5.73 Å². The number of thiazole rings is 1. The average Bonchev–Trinajstić information content (AvgIpc) is 2.57. The van der Waals surface area contributed by atoms with E-state index in [9.17, 15) is 4.79 Å². The molecule has 0 spiro atoms. The SMILES string of the molecule is Cc1nc2ccc(NC(=O)C(C)N)cc2s1.Cl. The zero-order chi connectivity index (χ0) is 11.7. The van der Waals surface area contributed by atoms with E-state index in [2.05, 4.69) is 10.3 Å². The van der Waals surface area contributed by atoms with E-state index in [1.54, 1.807) is 18.3 Å². The first-order valence-electron chi connectivity index (χ1n) is 5.00. The van der Waals surface area contributed by atoms with Crippen LogP contribution in [-0.4, -0.2) is 16.9 Å². The Bertz CT molecular complexity index is 538. The van der Waals surface area contributed by atoms with Crippen molar-refractivity contribution in [3.63, 3.8) is 0 Å². The summed E-state index contributed by atoms with van der Waals surface area (Å²) in [5, 5.41) is 3.78. The first-order valence-corrected chi connectivity index (χ1v) is 5.81. The number of fused-ring (bicyclic) bond motifs is 1. The number of halogens is 1. The van der Waals surface area contributed by atoms with Gasteiger partial charge in [0.15, 0.2) is 0 Å². The van der Waals surface area contributed by atoms with Crippen molar-refractivity contribution in [1.29, 1.82) is 0 Å². The number of rotatable bonds is 2.